The molecule has 4 saturated carbocycles. The molecule has 4 aliphatic carbocycles. The van der Waals surface area contributed by atoms with Gasteiger partial charge in [-0.15, -0.1) is 0 Å². The number of ether oxygens (including phenoxy) is 1. The largest absolute Gasteiger partial charge is 0.456 e. The van der Waals surface area contributed by atoms with Gasteiger partial charge in [-0.2, -0.15) is 0 Å². The Labute approximate surface area is 115 Å². The Kier molecular flexibility index (Phi) is 2.83. The minimum atomic E-state index is -0.601. The highest BCUT2D eigenvalue weighted by atomic mass is 16.6. The maximum atomic E-state index is 11.6. The molecule has 19 heavy (non-hydrogen) atoms. The second-order valence-electron chi connectivity index (χ2n) is 7.29. The predicted molar refractivity (Wildman–Crippen MR) is 72.5 cm³/mol. The lowest BCUT2D eigenvalue weighted by Crippen LogP contribution is -2.64. The van der Waals surface area contributed by atoms with Gasteiger partial charge in [0.1, 0.15) is 5.60 Å². The summed E-state index contributed by atoms with van der Waals surface area (Å²) in [6.07, 6.45) is 9.01. The smallest absolute Gasteiger partial charge is 0.330 e. The van der Waals surface area contributed by atoms with E-state index >= 15 is 0 Å². The third-order valence-corrected chi connectivity index (χ3v) is 5.37. The molecule has 0 aliphatic heterocycles. The molecule has 3 heteroatoms. The number of hydrogen-bond donors (Lipinski definition) is 1. The molecule has 4 atom stereocenters. The Balaban J connectivity index is 1.91. The van der Waals surface area contributed by atoms with Gasteiger partial charge in [0.05, 0.1) is 5.60 Å². The molecule has 1 N–H and O–H groups in total. The lowest BCUT2D eigenvalue weighted by atomic mass is 9.45. The van der Waals surface area contributed by atoms with Crippen molar-refractivity contribution >= 4 is 5.97 Å². The Morgan fingerprint density at radius 1 is 1.37 bits per heavy atom. The molecule has 4 bridgehead atoms. The summed E-state index contributed by atoms with van der Waals surface area (Å²) in [5.74, 6) is 0.183. The van der Waals surface area contributed by atoms with Crippen LogP contribution < -0.4 is 0 Å². The maximum Gasteiger partial charge on any atom is 0.330 e. The zero-order chi connectivity index (χ0) is 13.7. The van der Waals surface area contributed by atoms with Crippen molar-refractivity contribution < 1.29 is 14.6 Å². The SMILES string of the molecule is C=CC(=O)OC12CC3CC(O)(CC(CCC)(C3)C1)C2. The normalized spacial score (nSPS) is 47.2. The van der Waals surface area contributed by atoms with Crippen molar-refractivity contribution in [1.82, 2.24) is 0 Å². The number of carbonyl (C=O) groups excluding carboxylic acids is 1. The lowest BCUT2D eigenvalue weighted by Gasteiger charge is -2.64. The van der Waals surface area contributed by atoms with E-state index in [9.17, 15) is 9.90 Å². The third kappa shape index (κ3) is 2.12. The van der Waals surface area contributed by atoms with Crippen molar-refractivity contribution in [3.05, 3.63) is 12.7 Å². The molecule has 0 heterocycles. The molecule has 106 valence electrons. The molecule has 4 aliphatic rings. The van der Waals surface area contributed by atoms with E-state index in [0.717, 1.165) is 38.5 Å². The molecule has 0 spiro atoms. The van der Waals surface area contributed by atoms with Gasteiger partial charge in [-0.05, 0) is 49.9 Å². The van der Waals surface area contributed by atoms with Crippen LogP contribution in [0.25, 0.3) is 0 Å². The van der Waals surface area contributed by atoms with Gasteiger partial charge in [-0.25, -0.2) is 4.79 Å². The highest BCUT2D eigenvalue weighted by molar-refractivity contribution is 5.81. The molecule has 4 rings (SSSR count). The first-order valence-electron chi connectivity index (χ1n) is 7.50. The Hall–Kier alpha value is -0.830. The van der Waals surface area contributed by atoms with Crippen molar-refractivity contribution in [3.8, 4) is 0 Å². The summed E-state index contributed by atoms with van der Waals surface area (Å²) in [7, 11) is 0. The summed E-state index contributed by atoms with van der Waals surface area (Å²) < 4.78 is 5.72. The molecule has 4 fully saturated rings. The fraction of sp³-hybridized carbons (Fsp3) is 0.812. The van der Waals surface area contributed by atoms with E-state index in [1.54, 1.807) is 0 Å². The maximum absolute atomic E-state index is 11.6. The average molecular weight is 264 g/mol. The molecule has 3 nitrogen and oxygen atoms in total. The van der Waals surface area contributed by atoms with Crippen molar-refractivity contribution in [2.24, 2.45) is 11.3 Å². The minimum absolute atomic E-state index is 0.199. The summed E-state index contributed by atoms with van der Waals surface area (Å²) >= 11 is 0. The van der Waals surface area contributed by atoms with Crippen LogP contribution in [0.4, 0.5) is 0 Å². The molecule has 0 radical (unpaired) electrons. The van der Waals surface area contributed by atoms with E-state index in [2.05, 4.69) is 13.5 Å². The van der Waals surface area contributed by atoms with E-state index < -0.39 is 11.2 Å². The molecule has 0 aromatic heterocycles. The van der Waals surface area contributed by atoms with Gasteiger partial charge in [-0.3, -0.25) is 0 Å². The summed E-state index contributed by atoms with van der Waals surface area (Å²) in [4.78, 5) is 11.6. The van der Waals surface area contributed by atoms with Gasteiger partial charge in [0, 0.05) is 12.5 Å². The summed E-state index contributed by atoms with van der Waals surface area (Å²) in [6, 6.07) is 0. The molecule has 0 aromatic carbocycles. The Bertz CT molecular complexity index is 418. The van der Waals surface area contributed by atoms with E-state index in [1.165, 1.54) is 12.5 Å². The first-order valence-corrected chi connectivity index (χ1v) is 7.50. The van der Waals surface area contributed by atoms with Crippen LogP contribution in [-0.2, 0) is 9.53 Å². The highest BCUT2D eigenvalue weighted by Gasteiger charge is 2.64. The molecule has 4 unspecified atom stereocenters. The molecular formula is C16H24O3. The first-order chi connectivity index (χ1) is 8.92. The van der Waals surface area contributed by atoms with Crippen molar-refractivity contribution in [2.75, 3.05) is 0 Å². The van der Waals surface area contributed by atoms with E-state index in [0.29, 0.717) is 12.3 Å². The summed E-state index contributed by atoms with van der Waals surface area (Å²) in [5, 5.41) is 10.8. The third-order valence-electron chi connectivity index (χ3n) is 5.37. The topological polar surface area (TPSA) is 46.5 Å². The van der Waals surface area contributed by atoms with Gasteiger partial charge in [-0.1, -0.05) is 19.9 Å². The van der Waals surface area contributed by atoms with Crippen LogP contribution in [0.2, 0.25) is 0 Å². The number of esters is 1. The van der Waals surface area contributed by atoms with Gasteiger partial charge in [0.2, 0.25) is 0 Å². The minimum Gasteiger partial charge on any atom is -0.456 e. The van der Waals surface area contributed by atoms with E-state index in [4.69, 9.17) is 4.74 Å². The van der Waals surface area contributed by atoms with Crippen LogP contribution in [0, 0.1) is 11.3 Å². The van der Waals surface area contributed by atoms with Crippen molar-refractivity contribution in [3.63, 3.8) is 0 Å². The lowest BCUT2D eigenvalue weighted by molar-refractivity contribution is -0.241. The molecular weight excluding hydrogens is 240 g/mol. The second-order valence-corrected chi connectivity index (χ2v) is 7.29. The number of rotatable bonds is 4. The standard InChI is InChI=1S/C16H24O3/c1-3-5-14-6-12-7-15(18,9-14)11-16(8-12,10-14)19-13(17)4-2/h4,12,18H,2-3,5-11H2,1H3. The Morgan fingerprint density at radius 2 is 2.16 bits per heavy atom. The molecule has 0 saturated heterocycles. The first kappa shape index (κ1) is 13.2. The quantitative estimate of drug-likeness (QED) is 0.627. The van der Waals surface area contributed by atoms with E-state index in [1.807, 2.05) is 0 Å². The highest BCUT2D eigenvalue weighted by Crippen LogP contribution is 2.65. The van der Waals surface area contributed by atoms with Gasteiger partial charge >= 0.3 is 5.97 Å². The van der Waals surface area contributed by atoms with Crippen LogP contribution in [0.1, 0.15) is 58.3 Å². The van der Waals surface area contributed by atoms with Gasteiger partial charge < -0.3 is 9.84 Å². The summed E-state index contributed by atoms with van der Waals surface area (Å²) in [6.45, 7) is 5.69. The van der Waals surface area contributed by atoms with Gasteiger partial charge in [0.25, 0.3) is 0 Å². The van der Waals surface area contributed by atoms with E-state index in [-0.39, 0.29) is 11.4 Å². The summed E-state index contributed by atoms with van der Waals surface area (Å²) in [5.41, 5.74) is -0.824. The van der Waals surface area contributed by atoms with Gasteiger partial charge in [0.15, 0.2) is 0 Å². The zero-order valence-corrected chi connectivity index (χ0v) is 11.8. The fourth-order valence-electron chi connectivity index (χ4n) is 5.67. The van der Waals surface area contributed by atoms with Crippen LogP contribution >= 0.6 is 0 Å². The second kappa shape index (κ2) is 4.08. The Morgan fingerprint density at radius 3 is 2.79 bits per heavy atom. The van der Waals surface area contributed by atoms with Crippen molar-refractivity contribution in [2.45, 2.75) is 69.5 Å². The van der Waals surface area contributed by atoms with Crippen LogP contribution in [-0.4, -0.2) is 22.3 Å². The number of hydrogen-bond acceptors (Lipinski definition) is 3. The van der Waals surface area contributed by atoms with Crippen LogP contribution in [0.3, 0.4) is 0 Å². The predicted octanol–water partition coefficient (Wildman–Crippen LogP) is 2.97. The van der Waals surface area contributed by atoms with Crippen molar-refractivity contribution in [1.29, 1.82) is 0 Å². The number of aliphatic hydroxyl groups is 1. The molecule has 0 amide bonds. The van der Waals surface area contributed by atoms with Crippen LogP contribution in [0.15, 0.2) is 12.7 Å². The monoisotopic (exact) mass is 264 g/mol. The van der Waals surface area contributed by atoms with Crippen LogP contribution in [0.5, 0.6) is 0 Å². The zero-order valence-electron chi connectivity index (χ0n) is 11.8. The average Bonchev–Trinajstić information content (AvgIpc) is 2.24. The molecule has 0 aromatic rings. The fourth-order valence-corrected chi connectivity index (χ4v) is 5.67. The number of carbonyl (C=O) groups is 1.